The van der Waals surface area contributed by atoms with E-state index in [4.69, 9.17) is 15.8 Å². The minimum absolute atomic E-state index is 0.0172. The number of hydrogen-bond acceptors (Lipinski definition) is 6. The Morgan fingerprint density at radius 2 is 2.03 bits per heavy atom. The molecule has 0 radical (unpaired) electrons. The van der Waals surface area contributed by atoms with Gasteiger partial charge in [-0.15, -0.1) is 0 Å². The summed E-state index contributed by atoms with van der Waals surface area (Å²) in [4.78, 5) is 21.6. The van der Waals surface area contributed by atoms with Crippen molar-refractivity contribution in [2.24, 2.45) is 4.99 Å². The molecule has 0 spiro atoms. The van der Waals surface area contributed by atoms with Crippen LogP contribution in [0.2, 0.25) is 0 Å². The lowest BCUT2D eigenvalue weighted by atomic mass is 10.2. The molecule has 3 heterocycles. The predicted octanol–water partition coefficient (Wildman–Crippen LogP) is 4.05. The van der Waals surface area contributed by atoms with E-state index in [0.29, 0.717) is 49.3 Å². The van der Waals surface area contributed by atoms with Crippen LogP contribution >= 0.6 is 23.6 Å². The Morgan fingerprint density at radius 3 is 2.80 bits per heavy atom. The summed E-state index contributed by atoms with van der Waals surface area (Å²) >= 11 is 6.59. The Hall–Kier alpha value is -2.53. The van der Waals surface area contributed by atoms with Crippen molar-refractivity contribution >= 4 is 35.6 Å². The van der Waals surface area contributed by atoms with Crippen LogP contribution in [0.4, 0.5) is 17.6 Å². The molecule has 2 aliphatic heterocycles. The molecule has 2 aliphatic rings. The van der Waals surface area contributed by atoms with Gasteiger partial charge in [0.25, 0.3) is 0 Å². The van der Waals surface area contributed by atoms with Crippen molar-refractivity contribution in [1.29, 1.82) is 0 Å². The third-order valence-corrected chi connectivity index (χ3v) is 5.74. The maximum absolute atomic E-state index is 13.2. The zero-order chi connectivity index (χ0) is 21.5. The molecule has 6 nitrogen and oxygen atoms in total. The maximum atomic E-state index is 13.2. The maximum Gasteiger partial charge on any atom is 0.417 e. The Morgan fingerprint density at radius 1 is 1.23 bits per heavy atom. The van der Waals surface area contributed by atoms with Crippen molar-refractivity contribution in [3.8, 4) is 5.88 Å². The van der Waals surface area contributed by atoms with Gasteiger partial charge in [-0.25, -0.2) is 9.37 Å². The lowest BCUT2D eigenvalue weighted by Crippen LogP contribution is -2.35. The standard InChI is InChI=1S/C18H13ClF4N4O2S/c19-17-12(6-24-7-13(17)28)26-3-4-27-15(9-26)25-8-16(27)29-30-14-2-1-10(20)5-11(14)18(21,22)23/h1-2,5-6,8H,3-4,7,9H2. The summed E-state index contributed by atoms with van der Waals surface area (Å²) in [6.45, 7) is 1.22. The lowest BCUT2D eigenvalue weighted by molar-refractivity contribution is -0.140. The normalized spacial score (nSPS) is 16.8. The molecule has 0 unspecified atom stereocenters. The van der Waals surface area contributed by atoms with Crippen molar-refractivity contribution in [3.63, 3.8) is 0 Å². The number of alkyl halides is 3. The van der Waals surface area contributed by atoms with Gasteiger partial charge in [0, 0.05) is 19.3 Å². The Bertz CT molecular complexity index is 1070. The Labute approximate surface area is 177 Å². The first-order valence-electron chi connectivity index (χ1n) is 8.67. The lowest BCUT2D eigenvalue weighted by Gasteiger charge is -2.31. The van der Waals surface area contributed by atoms with Gasteiger partial charge in [0.15, 0.2) is 5.78 Å². The fourth-order valence-electron chi connectivity index (χ4n) is 3.09. The predicted molar refractivity (Wildman–Crippen MR) is 102 cm³/mol. The van der Waals surface area contributed by atoms with Crippen LogP contribution in [0, 0.1) is 5.82 Å². The van der Waals surface area contributed by atoms with E-state index < -0.39 is 17.6 Å². The molecule has 0 atom stereocenters. The van der Waals surface area contributed by atoms with Gasteiger partial charge < -0.3 is 9.08 Å². The van der Waals surface area contributed by atoms with Gasteiger partial charge in [-0.1, -0.05) is 11.6 Å². The number of fused-ring (bicyclic) bond motifs is 1. The van der Waals surface area contributed by atoms with Crippen molar-refractivity contribution in [2.75, 3.05) is 13.1 Å². The van der Waals surface area contributed by atoms with Crippen LogP contribution < -0.4 is 4.18 Å². The number of benzene rings is 1. The van der Waals surface area contributed by atoms with E-state index in [1.54, 1.807) is 10.8 Å². The summed E-state index contributed by atoms with van der Waals surface area (Å²) in [5.41, 5.74) is -0.597. The average Bonchev–Trinajstić information content (AvgIpc) is 3.10. The zero-order valence-electron chi connectivity index (χ0n) is 15.1. The van der Waals surface area contributed by atoms with Crippen LogP contribution in [-0.2, 0) is 24.1 Å². The van der Waals surface area contributed by atoms with E-state index in [2.05, 4.69) is 9.98 Å². The van der Waals surface area contributed by atoms with Crippen molar-refractivity contribution in [1.82, 2.24) is 14.5 Å². The van der Waals surface area contributed by atoms with Gasteiger partial charge >= 0.3 is 6.18 Å². The second kappa shape index (κ2) is 7.95. The molecule has 0 bridgehead atoms. The number of nitrogens with zero attached hydrogens (tertiary/aromatic N) is 4. The minimum Gasteiger partial charge on any atom is -0.401 e. The SMILES string of the molecule is O=C1CN=CC(N2CCn3c(OSc4ccc(F)cc4C(F)(F)F)cnc3C2)=C1Cl. The highest BCUT2D eigenvalue weighted by molar-refractivity contribution is 7.95. The first kappa shape index (κ1) is 20.7. The number of ketones is 1. The van der Waals surface area contributed by atoms with E-state index in [9.17, 15) is 22.4 Å². The molecule has 12 heteroatoms. The van der Waals surface area contributed by atoms with Crippen LogP contribution in [0.15, 0.2) is 45.0 Å². The molecule has 0 N–H and O–H groups in total. The Kier molecular flexibility index (Phi) is 5.49. The fraction of sp³-hybridized carbons (Fsp3) is 0.278. The molecule has 158 valence electrons. The first-order chi connectivity index (χ1) is 14.2. The topological polar surface area (TPSA) is 59.7 Å². The molecule has 1 aromatic heterocycles. The summed E-state index contributed by atoms with van der Waals surface area (Å²) in [5.74, 6) is -0.384. The number of carbonyl (C=O) groups excluding carboxylic acids is 1. The first-order valence-corrected chi connectivity index (χ1v) is 9.79. The third kappa shape index (κ3) is 4.04. The number of dihydropyridines is 1. The van der Waals surface area contributed by atoms with Gasteiger partial charge in [0.2, 0.25) is 5.88 Å². The van der Waals surface area contributed by atoms with Gasteiger partial charge in [0.05, 0.1) is 40.9 Å². The number of aromatic nitrogens is 2. The summed E-state index contributed by atoms with van der Waals surface area (Å²) in [6.07, 6.45) is -1.77. The van der Waals surface area contributed by atoms with Crippen molar-refractivity contribution < 1.29 is 26.5 Å². The summed E-state index contributed by atoms with van der Waals surface area (Å²) in [5, 5.41) is 0.119. The van der Waals surface area contributed by atoms with Gasteiger partial charge in [0.1, 0.15) is 23.2 Å². The number of carbonyl (C=O) groups is 1. The molecule has 0 saturated carbocycles. The van der Waals surface area contributed by atoms with Crippen LogP contribution in [0.3, 0.4) is 0 Å². The molecule has 0 saturated heterocycles. The Balaban J connectivity index is 1.50. The third-order valence-electron chi connectivity index (χ3n) is 4.55. The quantitative estimate of drug-likeness (QED) is 0.509. The molecule has 0 fully saturated rings. The highest BCUT2D eigenvalue weighted by Gasteiger charge is 2.35. The van der Waals surface area contributed by atoms with Crippen LogP contribution in [0.5, 0.6) is 5.88 Å². The van der Waals surface area contributed by atoms with Crippen molar-refractivity contribution in [2.45, 2.75) is 24.2 Å². The summed E-state index contributed by atoms with van der Waals surface area (Å²) in [6, 6.07) is 2.39. The molecule has 1 aromatic carbocycles. The fourth-order valence-corrected chi connectivity index (χ4v) is 4.02. The number of rotatable bonds is 4. The molecule has 2 aromatic rings. The average molecular weight is 461 g/mol. The van der Waals surface area contributed by atoms with Crippen LogP contribution in [-0.4, -0.2) is 39.5 Å². The van der Waals surface area contributed by atoms with Gasteiger partial charge in [-0.2, -0.15) is 13.2 Å². The van der Waals surface area contributed by atoms with Crippen LogP contribution in [0.25, 0.3) is 0 Å². The van der Waals surface area contributed by atoms with Crippen molar-refractivity contribution in [3.05, 3.63) is 52.3 Å². The van der Waals surface area contributed by atoms with Crippen LogP contribution in [0.1, 0.15) is 11.4 Å². The number of hydrogen-bond donors (Lipinski definition) is 0. The van der Waals surface area contributed by atoms with Gasteiger partial charge in [-0.3, -0.25) is 14.4 Å². The molecule has 0 aliphatic carbocycles. The molecule has 4 rings (SSSR count). The summed E-state index contributed by atoms with van der Waals surface area (Å²) in [7, 11) is 0. The minimum atomic E-state index is -4.71. The second-order valence-corrected chi connectivity index (χ2v) is 7.63. The van der Waals surface area contributed by atoms with Gasteiger partial charge in [-0.05, 0) is 18.2 Å². The highest BCUT2D eigenvalue weighted by atomic mass is 35.5. The molecule has 0 amide bonds. The van der Waals surface area contributed by atoms with E-state index >= 15 is 0 Å². The largest absolute Gasteiger partial charge is 0.417 e. The second-order valence-electron chi connectivity index (χ2n) is 6.48. The van der Waals surface area contributed by atoms with E-state index in [-0.39, 0.29) is 28.1 Å². The summed E-state index contributed by atoms with van der Waals surface area (Å²) < 4.78 is 59.9. The molecular weight excluding hydrogens is 448 g/mol. The number of Topliss-reactive ketones (excluding diaryl/α,β-unsaturated/α-hetero) is 1. The molecular formula is C18H13ClF4N4O2S. The monoisotopic (exact) mass is 460 g/mol. The number of allylic oxidation sites excluding steroid dienone is 1. The van der Waals surface area contributed by atoms with E-state index in [0.717, 1.165) is 12.1 Å². The number of aliphatic imine (C=N–C) groups is 1. The highest BCUT2D eigenvalue weighted by Crippen LogP contribution is 2.38. The molecule has 30 heavy (non-hydrogen) atoms. The van der Waals surface area contributed by atoms with E-state index in [1.807, 2.05) is 4.90 Å². The van der Waals surface area contributed by atoms with E-state index in [1.165, 1.54) is 6.20 Å². The number of halogens is 5. The smallest absolute Gasteiger partial charge is 0.401 e. The zero-order valence-corrected chi connectivity index (χ0v) is 16.7. The number of imidazole rings is 1.